The first-order valence-corrected chi connectivity index (χ1v) is 9.17. The number of carbonyl (C=O) groups is 1. The van der Waals surface area contributed by atoms with E-state index in [1.54, 1.807) is 31.2 Å². The highest BCUT2D eigenvalue weighted by molar-refractivity contribution is 7.89. The monoisotopic (exact) mass is 376 g/mol. The highest BCUT2D eigenvalue weighted by Gasteiger charge is 2.16. The van der Waals surface area contributed by atoms with Crippen molar-refractivity contribution in [2.45, 2.75) is 18.4 Å². The molecule has 0 saturated heterocycles. The third-order valence-corrected chi connectivity index (χ3v) is 5.44. The van der Waals surface area contributed by atoms with Crippen LogP contribution in [0.15, 0.2) is 63.5 Å². The molecule has 1 aromatic carbocycles. The van der Waals surface area contributed by atoms with Crippen molar-refractivity contribution in [1.82, 2.24) is 14.3 Å². The van der Waals surface area contributed by atoms with E-state index < -0.39 is 15.9 Å². The average Bonchev–Trinajstić information content (AvgIpc) is 2.61. The van der Waals surface area contributed by atoms with Crippen LogP contribution in [-0.4, -0.2) is 43.0 Å². The topological polar surface area (TPSA) is 101 Å². The van der Waals surface area contributed by atoms with Gasteiger partial charge in [0.05, 0.1) is 10.6 Å². The van der Waals surface area contributed by atoms with Crippen LogP contribution in [0.5, 0.6) is 0 Å². The molecule has 0 unspecified atom stereocenters. The first-order chi connectivity index (χ1) is 12.2. The zero-order valence-corrected chi connectivity index (χ0v) is 15.5. The number of aromatic nitrogens is 1. The Morgan fingerprint density at radius 2 is 1.81 bits per heavy atom. The van der Waals surface area contributed by atoms with E-state index in [9.17, 15) is 18.0 Å². The van der Waals surface area contributed by atoms with E-state index >= 15 is 0 Å². The summed E-state index contributed by atoms with van der Waals surface area (Å²) >= 11 is 0. The van der Waals surface area contributed by atoms with Gasteiger partial charge in [0.1, 0.15) is 6.54 Å². The number of nitrogens with zero attached hydrogens (tertiary/aromatic N) is 3. The minimum Gasteiger partial charge on any atom is -0.306 e. The summed E-state index contributed by atoms with van der Waals surface area (Å²) in [6.45, 7) is 1.54. The Labute approximate surface area is 151 Å². The number of sulfonamides is 1. The smallest absolute Gasteiger partial charge is 0.260 e. The van der Waals surface area contributed by atoms with E-state index in [0.29, 0.717) is 11.3 Å². The van der Waals surface area contributed by atoms with Crippen LogP contribution in [-0.2, 0) is 21.4 Å². The summed E-state index contributed by atoms with van der Waals surface area (Å²) in [6, 6.07) is 10.8. The Morgan fingerprint density at radius 3 is 2.38 bits per heavy atom. The molecule has 0 atom stereocenters. The molecular formula is C17H20N4O4S. The molecule has 2 rings (SSSR count). The fourth-order valence-corrected chi connectivity index (χ4v) is 2.97. The van der Waals surface area contributed by atoms with Gasteiger partial charge in [-0.3, -0.25) is 9.59 Å². The molecule has 1 amide bonds. The Kier molecular flexibility index (Phi) is 6.06. The maximum Gasteiger partial charge on any atom is 0.260 e. The van der Waals surface area contributed by atoms with Gasteiger partial charge in [-0.25, -0.2) is 18.1 Å². The lowest BCUT2D eigenvalue weighted by atomic mass is 10.1. The molecule has 8 nitrogen and oxygen atoms in total. The number of nitrogens with one attached hydrogen (secondary N) is 1. The van der Waals surface area contributed by atoms with E-state index in [-0.39, 0.29) is 17.0 Å². The van der Waals surface area contributed by atoms with Crippen molar-refractivity contribution in [1.29, 1.82) is 0 Å². The number of carbonyl (C=O) groups excluding carboxylic acids is 1. The predicted molar refractivity (Wildman–Crippen MR) is 98.4 cm³/mol. The zero-order valence-electron chi connectivity index (χ0n) is 14.7. The van der Waals surface area contributed by atoms with Crippen LogP contribution in [0.2, 0.25) is 0 Å². The number of amides is 1. The maximum absolute atomic E-state index is 12.0. The molecule has 9 heteroatoms. The second kappa shape index (κ2) is 8.07. The van der Waals surface area contributed by atoms with Gasteiger partial charge in [-0.1, -0.05) is 18.2 Å². The summed E-state index contributed by atoms with van der Waals surface area (Å²) in [7, 11) is -0.569. The Balaban J connectivity index is 2.06. The predicted octanol–water partition coefficient (Wildman–Crippen LogP) is 0.639. The number of pyridine rings is 1. The minimum atomic E-state index is -3.49. The number of hydrogen-bond acceptors (Lipinski definition) is 5. The summed E-state index contributed by atoms with van der Waals surface area (Å²) in [4.78, 5) is 23.6. The number of hydrazone groups is 1. The Bertz CT molecular complexity index is 976. The lowest BCUT2D eigenvalue weighted by Gasteiger charge is -2.11. The second-order valence-corrected chi connectivity index (χ2v) is 7.86. The minimum absolute atomic E-state index is 0.142. The van der Waals surface area contributed by atoms with E-state index in [2.05, 4.69) is 10.5 Å². The lowest BCUT2D eigenvalue weighted by molar-refractivity contribution is -0.121. The van der Waals surface area contributed by atoms with E-state index in [1.165, 1.54) is 43.1 Å². The molecular weight excluding hydrogens is 356 g/mol. The molecule has 1 heterocycles. The van der Waals surface area contributed by atoms with Crippen LogP contribution >= 0.6 is 0 Å². The molecule has 1 N–H and O–H groups in total. The molecule has 0 aliphatic carbocycles. The first kappa shape index (κ1) is 19.5. The quantitative estimate of drug-likeness (QED) is 0.590. The van der Waals surface area contributed by atoms with Crippen LogP contribution in [0, 0.1) is 0 Å². The highest BCUT2D eigenvalue weighted by atomic mass is 32.2. The van der Waals surface area contributed by atoms with Gasteiger partial charge in [-0.05, 0) is 30.7 Å². The third-order valence-electron chi connectivity index (χ3n) is 3.61. The van der Waals surface area contributed by atoms with Crippen molar-refractivity contribution in [3.8, 4) is 0 Å². The largest absolute Gasteiger partial charge is 0.306 e. The van der Waals surface area contributed by atoms with Gasteiger partial charge in [0.2, 0.25) is 10.0 Å². The molecule has 26 heavy (non-hydrogen) atoms. The van der Waals surface area contributed by atoms with Crippen molar-refractivity contribution in [3.05, 3.63) is 64.6 Å². The fraction of sp³-hybridized carbons (Fsp3) is 0.235. The standard InChI is InChI=1S/C17H20N4O4S/c1-13(14-7-9-15(10-8-14)26(24,25)20(2)3)18-19-16(22)12-21-11-5-4-6-17(21)23/h4-11H,12H2,1-3H3,(H,19,22)/b18-13-. The van der Waals surface area contributed by atoms with Gasteiger partial charge in [-0.2, -0.15) is 5.10 Å². The van der Waals surface area contributed by atoms with Crippen LogP contribution in [0.3, 0.4) is 0 Å². The van der Waals surface area contributed by atoms with Gasteiger partial charge in [0.25, 0.3) is 11.5 Å². The van der Waals surface area contributed by atoms with Crippen molar-refractivity contribution in [2.75, 3.05) is 14.1 Å². The molecule has 0 radical (unpaired) electrons. The first-order valence-electron chi connectivity index (χ1n) is 7.73. The molecule has 2 aromatic rings. The number of benzene rings is 1. The molecule has 1 aromatic heterocycles. The molecule has 0 aliphatic heterocycles. The van der Waals surface area contributed by atoms with Gasteiger partial charge in [0.15, 0.2) is 0 Å². The summed E-state index contributed by atoms with van der Waals surface area (Å²) in [5, 5.41) is 3.99. The second-order valence-electron chi connectivity index (χ2n) is 5.71. The Morgan fingerprint density at radius 1 is 1.15 bits per heavy atom. The summed E-state index contributed by atoms with van der Waals surface area (Å²) in [5.41, 5.74) is 3.28. The zero-order chi connectivity index (χ0) is 19.3. The van der Waals surface area contributed by atoms with Crippen LogP contribution in [0.1, 0.15) is 12.5 Å². The third kappa shape index (κ3) is 4.64. The van der Waals surface area contributed by atoms with Crippen molar-refractivity contribution >= 4 is 21.6 Å². The molecule has 138 valence electrons. The maximum atomic E-state index is 12.0. The normalized spacial score (nSPS) is 12.2. The summed E-state index contributed by atoms with van der Waals surface area (Å²) in [5.74, 6) is -0.440. The average molecular weight is 376 g/mol. The molecule has 0 saturated carbocycles. The fourth-order valence-electron chi connectivity index (χ4n) is 2.07. The molecule has 0 aliphatic rings. The van der Waals surface area contributed by atoms with Gasteiger partial charge >= 0.3 is 0 Å². The molecule has 0 bridgehead atoms. The van der Waals surface area contributed by atoms with E-state index in [1.807, 2.05) is 0 Å². The number of rotatable bonds is 6. The van der Waals surface area contributed by atoms with Gasteiger partial charge in [-0.15, -0.1) is 0 Å². The van der Waals surface area contributed by atoms with Crippen LogP contribution < -0.4 is 11.0 Å². The summed E-state index contributed by atoms with van der Waals surface area (Å²) < 4.78 is 26.5. The number of hydrogen-bond donors (Lipinski definition) is 1. The van der Waals surface area contributed by atoms with Crippen LogP contribution in [0.25, 0.3) is 0 Å². The lowest BCUT2D eigenvalue weighted by Crippen LogP contribution is -2.29. The Hall–Kier alpha value is -2.78. The molecule has 0 spiro atoms. The van der Waals surface area contributed by atoms with Gasteiger partial charge < -0.3 is 4.57 Å². The summed E-state index contributed by atoms with van der Waals surface area (Å²) in [6.07, 6.45) is 1.52. The molecule has 0 fully saturated rings. The van der Waals surface area contributed by atoms with E-state index in [4.69, 9.17) is 0 Å². The van der Waals surface area contributed by atoms with Crippen molar-refractivity contribution in [3.63, 3.8) is 0 Å². The van der Waals surface area contributed by atoms with E-state index in [0.717, 1.165) is 4.31 Å². The van der Waals surface area contributed by atoms with Gasteiger partial charge in [0, 0.05) is 26.4 Å². The highest BCUT2D eigenvalue weighted by Crippen LogP contribution is 2.14. The van der Waals surface area contributed by atoms with Crippen molar-refractivity contribution in [2.24, 2.45) is 5.10 Å². The van der Waals surface area contributed by atoms with Crippen molar-refractivity contribution < 1.29 is 13.2 Å². The SMILES string of the molecule is C/C(=N/NC(=O)Cn1ccccc1=O)c1ccc(S(=O)(=O)N(C)C)cc1. The van der Waals surface area contributed by atoms with Crippen LogP contribution in [0.4, 0.5) is 0 Å².